The van der Waals surface area contributed by atoms with E-state index in [9.17, 15) is 9.90 Å². The summed E-state index contributed by atoms with van der Waals surface area (Å²) >= 11 is 0. The van der Waals surface area contributed by atoms with E-state index in [1.807, 2.05) is 13.0 Å². The lowest BCUT2D eigenvalue weighted by atomic mass is 9.95. The van der Waals surface area contributed by atoms with E-state index in [1.165, 1.54) is 0 Å². The van der Waals surface area contributed by atoms with E-state index in [1.54, 1.807) is 24.4 Å². The number of hydrogen-bond acceptors (Lipinski definition) is 4. The van der Waals surface area contributed by atoms with Gasteiger partial charge in [0.2, 0.25) is 0 Å². The molecule has 0 aliphatic carbocycles. The van der Waals surface area contributed by atoms with Gasteiger partial charge < -0.3 is 15.6 Å². The monoisotopic (exact) mass is 260 g/mol. The summed E-state index contributed by atoms with van der Waals surface area (Å²) in [6, 6.07) is 7.11. The lowest BCUT2D eigenvalue weighted by molar-refractivity contribution is -0.138. The molecule has 0 amide bonds. The Balaban J connectivity index is 2.64. The van der Waals surface area contributed by atoms with Crippen LogP contribution in [0.5, 0.6) is 5.75 Å². The van der Waals surface area contributed by atoms with Crippen LogP contribution in [0.15, 0.2) is 30.5 Å². The van der Waals surface area contributed by atoms with Crippen molar-refractivity contribution in [3.05, 3.63) is 36.0 Å². The standard InChI is InChI=1S/C14H16N2O3/c1-2-19-12-6-5-9(11(8-15)14(17)18)10-4-3-7-16-13(10)12/h3-7,11H,2,8,15H2,1H3,(H,17,18). The number of nitrogens with zero attached hydrogens (tertiary/aromatic N) is 1. The fourth-order valence-corrected chi connectivity index (χ4v) is 2.11. The molecular weight excluding hydrogens is 244 g/mol. The largest absolute Gasteiger partial charge is 0.492 e. The van der Waals surface area contributed by atoms with Crippen LogP contribution in [-0.2, 0) is 4.79 Å². The van der Waals surface area contributed by atoms with E-state index in [0.717, 1.165) is 5.39 Å². The lowest BCUT2D eigenvalue weighted by Crippen LogP contribution is -2.21. The summed E-state index contributed by atoms with van der Waals surface area (Å²) in [5.41, 5.74) is 6.90. The molecule has 0 aliphatic rings. The summed E-state index contributed by atoms with van der Waals surface area (Å²) in [6.07, 6.45) is 1.66. The van der Waals surface area contributed by atoms with Crippen molar-refractivity contribution >= 4 is 16.9 Å². The van der Waals surface area contributed by atoms with Gasteiger partial charge in [0, 0.05) is 18.1 Å². The van der Waals surface area contributed by atoms with Gasteiger partial charge in [0.15, 0.2) is 0 Å². The number of carbonyl (C=O) groups is 1. The Bertz CT molecular complexity index is 598. The zero-order valence-electron chi connectivity index (χ0n) is 10.7. The molecule has 0 bridgehead atoms. The predicted octanol–water partition coefficient (Wildman–Crippen LogP) is 1.76. The van der Waals surface area contributed by atoms with Crippen molar-refractivity contribution in [1.82, 2.24) is 4.98 Å². The third-order valence-electron chi connectivity index (χ3n) is 2.98. The molecule has 2 rings (SSSR count). The number of pyridine rings is 1. The number of fused-ring (bicyclic) bond motifs is 1. The van der Waals surface area contributed by atoms with Crippen LogP contribution in [0, 0.1) is 0 Å². The molecule has 0 aliphatic heterocycles. The van der Waals surface area contributed by atoms with Gasteiger partial charge in [0.25, 0.3) is 0 Å². The van der Waals surface area contributed by atoms with Gasteiger partial charge in [0.05, 0.1) is 12.5 Å². The molecule has 3 N–H and O–H groups in total. The van der Waals surface area contributed by atoms with Gasteiger partial charge in [-0.3, -0.25) is 9.78 Å². The maximum absolute atomic E-state index is 11.3. The van der Waals surface area contributed by atoms with E-state index in [4.69, 9.17) is 10.5 Å². The minimum absolute atomic E-state index is 0.0489. The van der Waals surface area contributed by atoms with E-state index in [2.05, 4.69) is 4.98 Å². The van der Waals surface area contributed by atoms with E-state index < -0.39 is 11.9 Å². The highest BCUT2D eigenvalue weighted by atomic mass is 16.5. The van der Waals surface area contributed by atoms with Gasteiger partial charge in [-0.2, -0.15) is 0 Å². The van der Waals surface area contributed by atoms with Gasteiger partial charge >= 0.3 is 5.97 Å². The number of aliphatic carboxylic acids is 1. The number of aromatic nitrogens is 1. The second kappa shape index (κ2) is 5.67. The Labute approximate surface area is 111 Å². The third-order valence-corrected chi connectivity index (χ3v) is 2.98. The quantitative estimate of drug-likeness (QED) is 0.855. The number of carboxylic acid groups (broad SMARTS) is 1. The smallest absolute Gasteiger partial charge is 0.312 e. The average molecular weight is 260 g/mol. The first kappa shape index (κ1) is 13.3. The maximum atomic E-state index is 11.3. The van der Waals surface area contributed by atoms with E-state index in [0.29, 0.717) is 23.4 Å². The van der Waals surface area contributed by atoms with Gasteiger partial charge in [-0.25, -0.2) is 0 Å². The Morgan fingerprint density at radius 2 is 2.26 bits per heavy atom. The number of benzene rings is 1. The molecule has 19 heavy (non-hydrogen) atoms. The third kappa shape index (κ3) is 2.51. The number of hydrogen-bond donors (Lipinski definition) is 2. The minimum Gasteiger partial charge on any atom is -0.492 e. The number of ether oxygens (including phenoxy) is 1. The van der Waals surface area contributed by atoms with Crippen LogP contribution in [0.4, 0.5) is 0 Å². The van der Waals surface area contributed by atoms with Crippen LogP contribution in [0.3, 0.4) is 0 Å². The van der Waals surface area contributed by atoms with Crippen molar-refractivity contribution in [2.45, 2.75) is 12.8 Å². The van der Waals surface area contributed by atoms with Crippen molar-refractivity contribution in [2.75, 3.05) is 13.2 Å². The molecule has 1 atom stereocenters. The maximum Gasteiger partial charge on any atom is 0.312 e. The summed E-state index contributed by atoms with van der Waals surface area (Å²) in [6.45, 7) is 2.47. The van der Waals surface area contributed by atoms with Crippen molar-refractivity contribution < 1.29 is 14.6 Å². The highest BCUT2D eigenvalue weighted by Gasteiger charge is 2.21. The van der Waals surface area contributed by atoms with Crippen molar-refractivity contribution in [2.24, 2.45) is 5.73 Å². The Hall–Kier alpha value is -2.14. The first-order chi connectivity index (χ1) is 9.19. The van der Waals surface area contributed by atoms with Gasteiger partial charge in [-0.05, 0) is 24.6 Å². The molecule has 100 valence electrons. The summed E-state index contributed by atoms with van der Waals surface area (Å²) in [5.74, 6) is -1.01. The highest BCUT2D eigenvalue weighted by Crippen LogP contribution is 2.30. The average Bonchev–Trinajstić information content (AvgIpc) is 2.41. The number of carboxylic acids is 1. The SMILES string of the molecule is CCOc1ccc(C(CN)C(=O)O)c2cccnc12. The topological polar surface area (TPSA) is 85.4 Å². The van der Waals surface area contributed by atoms with Crippen molar-refractivity contribution in [3.63, 3.8) is 0 Å². The van der Waals surface area contributed by atoms with Gasteiger partial charge in [-0.15, -0.1) is 0 Å². The molecule has 0 fully saturated rings. The second-order valence-electron chi connectivity index (χ2n) is 4.11. The molecule has 5 nitrogen and oxygen atoms in total. The fourth-order valence-electron chi connectivity index (χ4n) is 2.11. The highest BCUT2D eigenvalue weighted by molar-refractivity contribution is 5.92. The van der Waals surface area contributed by atoms with E-state index in [-0.39, 0.29) is 6.54 Å². The normalized spacial score (nSPS) is 12.3. The molecule has 0 radical (unpaired) electrons. The fraction of sp³-hybridized carbons (Fsp3) is 0.286. The molecule has 5 heteroatoms. The van der Waals surface area contributed by atoms with Gasteiger partial charge in [-0.1, -0.05) is 12.1 Å². The zero-order valence-corrected chi connectivity index (χ0v) is 10.7. The molecule has 0 saturated carbocycles. The van der Waals surface area contributed by atoms with E-state index >= 15 is 0 Å². The summed E-state index contributed by atoms with van der Waals surface area (Å²) in [5, 5.41) is 10.00. The first-order valence-corrected chi connectivity index (χ1v) is 6.12. The minimum atomic E-state index is -0.934. The lowest BCUT2D eigenvalue weighted by Gasteiger charge is -2.15. The molecule has 1 aromatic carbocycles. The summed E-state index contributed by atoms with van der Waals surface area (Å²) < 4.78 is 5.51. The Kier molecular flexibility index (Phi) is 3.97. The van der Waals surface area contributed by atoms with Gasteiger partial charge in [0.1, 0.15) is 11.3 Å². The molecular formula is C14H16N2O3. The van der Waals surface area contributed by atoms with Crippen LogP contribution in [-0.4, -0.2) is 29.2 Å². The van der Waals surface area contributed by atoms with Crippen LogP contribution in [0.2, 0.25) is 0 Å². The van der Waals surface area contributed by atoms with Crippen LogP contribution in [0.1, 0.15) is 18.4 Å². The Morgan fingerprint density at radius 3 is 2.89 bits per heavy atom. The molecule has 1 unspecified atom stereocenters. The van der Waals surface area contributed by atoms with Crippen molar-refractivity contribution in [3.8, 4) is 5.75 Å². The van der Waals surface area contributed by atoms with Crippen molar-refractivity contribution in [1.29, 1.82) is 0 Å². The summed E-state index contributed by atoms with van der Waals surface area (Å²) in [7, 11) is 0. The molecule has 1 heterocycles. The molecule has 2 aromatic rings. The number of rotatable bonds is 5. The van der Waals surface area contributed by atoms with Crippen LogP contribution in [0.25, 0.3) is 10.9 Å². The number of nitrogens with two attached hydrogens (primary N) is 1. The predicted molar refractivity (Wildman–Crippen MR) is 72.3 cm³/mol. The van der Waals surface area contributed by atoms with Crippen LogP contribution >= 0.6 is 0 Å². The zero-order chi connectivity index (χ0) is 13.8. The first-order valence-electron chi connectivity index (χ1n) is 6.12. The second-order valence-corrected chi connectivity index (χ2v) is 4.11. The summed E-state index contributed by atoms with van der Waals surface area (Å²) in [4.78, 5) is 15.5. The Morgan fingerprint density at radius 1 is 1.47 bits per heavy atom. The molecule has 1 aromatic heterocycles. The van der Waals surface area contributed by atoms with Crippen LogP contribution < -0.4 is 10.5 Å². The molecule has 0 spiro atoms. The molecule has 0 saturated heterocycles.